The summed E-state index contributed by atoms with van der Waals surface area (Å²) in [5, 5.41) is 19.6. The van der Waals surface area contributed by atoms with Crippen molar-refractivity contribution in [3.63, 3.8) is 0 Å². The second-order valence-corrected chi connectivity index (χ2v) is 6.76. The van der Waals surface area contributed by atoms with Crippen molar-refractivity contribution in [3.05, 3.63) is 33.4 Å². The van der Waals surface area contributed by atoms with Crippen molar-refractivity contribution >= 4 is 28.7 Å². The first-order chi connectivity index (χ1) is 10.1. The summed E-state index contributed by atoms with van der Waals surface area (Å²) in [7, 11) is 0. The van der Waals surface area contributed by atoms with Gasteiger partial charge < -0.3 is 10.2 Å². The number of unbranched alkanes of at least 4 members (excludes halogenated alkanes) is 2. The maximum absolute atomic E-state index is 11.5. The van der Waals surface area contributed by atoms with Crippen molar-refractivity contribution in [1.29, 1.82) is 0 Å². The van der Waals surface area contributed by atoms with Crippen LogP contribution in [0.1, 0.15) is 50.5 Å². The molecule has 0 spiro atoms. The van der Waals surface area contributed by atoms with Crippen LogP contribution in [0, 0.1) is 3.57 Å². The molecule has 0 aromatic heterocycles. The predicted molar refractivity (Wildman–Crippen MR) is 90.3 cm³/mol. The quantitative estimate of drug-likeness (QED) is 0.411. The van der Waals surface area contributed by atoms with Crippen molar-refractivity contribution < 1.29 is 15.0 Å². The van der Waals surface area contributed by atoms with Crippen molar-refractivity contribution in [1.82, 2.24) is 4.90 Å². The van der Waals surface area contributed by atoms with E-state index < -0.39 is 12.3 Å². The summed E-state index contributed by atoms with van der Waals surface area (Å²) < 4.78 is 1.16. The third-order valence-electron chi connectivity index (χ3n) is 4.03. The van der Waals surface area contributed by atoms with Crippen molar-refractivity contribution in [2.24, 2.45) is 0 Å². The molecule has 0 bridgehead atoms. The second-order valence-electron chi connectivity index (χ2n) is 5.60. The Hall–Kier alpha value is -0.820. The highest BCUT2D eigenvalue weighted by Gasteiger charge is 2.47. The Labute approximate surface area is 139 Å². The summed E-state index contributed by atoms with van der Waals surface area (Å²) in [6.45, 7) is 2.09. The van der Waals surface area contributed by atoms with Crippen LogP contribution >= 0.6 is 22.6 Å². The molecule has 1 aromatic rings. The van der Waals surface area contributed by atoms with Crippen molar-refractivity contribution in [2.75, 3.05) is 0 Å². The van der Waals surface area contributed by atoms with Gasteiger partial charge in [-0.15, -0.1) is 0 Å². The van der Waals surface area contributed by atoms with E-state index in [2.05, 4.69) is 35.6 Å². The molecule has 1 aromatic carbocycles. The molecule has 1 unspecified atom stereocenters. The lowest BCUT2D eigenvalue weighted by molar-refractivity contribution is -0.000292. The van der Waals surface area contributed by atoms with Crippen LogP contribution < -0.4 is 0 Å². The number of hydrogen-bond donors (Lipinski definition) is 2. The molecule has 1 fully saturated rings. The van der Waals surface area contributed by atoms with E-state index in [1.54, 1.807) is 0 Å². The Morgan fingerprint density at radius 2 is 2.14 bits per heavy atom. The Morgan fingerprint density at radius 3 is 2.76 bits per heavy atom. The molecule has 2 rings (SSSR count). The summed E-state index contributed by atoms with van der Waals surface area (Å²) in [5.74, 6) is 0.218. The number of carbonyl (C=O) groups is 1. The highest BCUT2D eigenvalue weighted by molar-refractivity contribution is 14.1. The number of aliphatic hydroxyl groups excluding tert-OH is 1. The number of amides is 1. The van der Waals surface area contributed by atoms with Gasteiger partial charge in [-0.05, 0) is 53.5 Å². The second kappa shape index (κ2) is 7.45. The van der Waals surface area contributed by atoms with E-state index in [4.69, 9.17) is 0 Å². The van der Waals surface area contributed by atoms with Gasteiger partial charge in [-0.2, -0.15) is 0 Å². The number of hydrogen-bond acceptors (Lipinski definition) is 2. The van der Waals surface area contributed by atoms with Gasteiger partial charge in [0.1, 0.15) is 6.23 Å². The molecule has 1 saturated carbocycles. The Balaban J connectivity index is 2.01. The lowest BCUT2D eigenvalue weighted by atomic mass is 10.1. The third kappa shape index (κ3) is 4.10. The van der Waals surface area contributed by atoms with E-state index in [1.807, 2.05) is 18.2 Å². The zero-order chi connectivity index (χ0) is 15.4. The van der Waals surface area contributed by atoms with Gasteiger partial charge >= 0.3 is 6.09 Å². The lowest BCUT2D eigenvalue weighted by Crippen LogP contribution is -2.41. The molecule has 3 atom stereocenters. The maximum atomic E-state index is 11.5. The molecule has 2 N–H and O–H groups in total. The number of benzene rings is 1. The summed E-state index contributed by atoms with van der Waals surface area (Å²) in [6.07, 6.45) is 2.38. The first-order valence-corrected chi connectivity index (χ1v) is 8.57. The fourth-order valence-corrected chi connectivity index (χ4v) is 3.59. The van der Waals surface area contributed by atoms with Crippen LogP contribution in [-0.4, -0.2) is 33.5 Å². The third-order valence-corrected chi connectivity index (χ3v) is 5.01. The van der Waals surface area contributed by atoms with Gasteiger partial charge in [0.05, 0.1) is 0 Å². The summed E-state index contributed by atoms with van der Waals surface area (Å²) in [4.78, 5) is 12.7. The maximum Gasteiger partial charge on any atom is 0.409 e. The molecule has 5 heteroatoms. The fourth-order valence-electron chi connectivity index (χ4n) is 2.81. The van der Waals surface area contributed by atoms with Gasteiger partial charge in [-0.25, -0.2) is 4.79 Å². The Bertz CT molecular complexity index is 494. The zero-order valence-electron chi connectivity index (χ0n) is 12.2. The van der Waals surface area contributed by atoms with E-state index >= 15 is 0 Å². The highest BCUT2D eigenvalue weighted by atomic mass is 127. The van der Waals surface area contributed by atoms with Gasteiger partial charge in [0, 0.05) is 15.5 Å². The van der Waals surface area contributed by atoms with Crippen LogP contribution in [0.3, 0.4) is 0 Å². The average Bonchev–Trinajstić information content (AvgIpc) is 3.19. The molecule has 0 heterocycles. The summed E-state index contributed by atoms with van der Waals surface area (Å²) in [5.41, 5.74) is 1.19. The predicted octanol–water partition coefficient (Wildman–Crippen LogP) is 4.03. The molecule has 0 aliphatic heterocycles. The van der Waals surface area contributed by atoms with Gasteiger partial charge in [-0.1, -0.05) is 38.0 Å². The van der Waals surface area contributed by atoms with Crippen LogP contribution in [0.2, 0.25) is 0 Å². The van der Waals surface area contributed by atoms with Crippen molar-refractivity contribution in [3.8, 4) is 0 Å². The average molecular weight is 403 g/mol. The van der Waals surface area contributed by atoms with Gasteiger partial charge in [0.15, 0.2) is 0 Å². The van der Waals surface area contributed by atoms with Crippen LogP contribution in [0.4, 0.5) is 4.79 Å². The van der Waals surface area contributed by atoms with Crippen molar-refractivity contribution in [2.45, 2.75) is 57.2 Å². The first kappa shape index (κ1) is 16.5. The van der Waals surface area contributed by atoms with Crippen LogP contribution in [-0.2, 0) is 0 Å². The van der Waals surface area contributed by atoms with Gasteiger partial charge in [0.2, 0.25) is 0 Å². The smallest absolute Gasteiger partial charge is 0.409 e. The molecule has 116 valence electrons. The molecular formula is C16H22INO3. The minimum Gasteiger partial charge on any atom is -0.465 e. The first-order valence-electron chi connectivity index (χ1n) is 7.50. The molecular weight excluding hydrogens is 381 g/mol. The number of aliphatic hydroxyl groups is 1. The fraction of sp³-hybridized carbons (Fsp3) is 0.562. The molecule has 4 nitrogen and oxygen atoms in total. The number of nitrogens with zero attached hydrogens (tertiary/aromatic N) is 1. The highest BCUT2D eigenvalue weighted by Crippen LogP contribution is 2.47. The Morgan fingerprint density at radius 1 is 1.43 bits per heavy atom. The minimum atomic E-state index is -1.02. The summed E-state index contributed by atoms with van der Waals surface area (Å²) >= 11 is 2.28. The van der Waals surface area contributed by atoms with E-state index in [1.165, 1.54) is 10.5 Å². The zero-order valence-corrected chi connectivity index (χ0v) is 14.4. The van der Waals surface area contributed by atoms with Crippen LogP contribution in [0.25, 0.3) is 0 Å². The standard InChI is InChI=1S/C16H22INO3/c1-2-3-4-9-15(19)18(16(20)21)14-10-12(14)11-7-5-6-8-13(11)17/h5-8,12,14-15,19H,2-4,9-10H2,1H3,(H,20,21)/t12-,14-,15?/m0/s1. The van der Waals surface area contributed by atoms with Crippen LogP contribution in [0.15, 0.2) is 24.3 Å². The number of halogens is 1. The molecule has 1 aliphatic carbocycles. The topological polar surface area (TPSA) is 60.8 Å². The van der Waals surface area contributed by atoms with E-state index in [-0.39, 0.29) is 12.0 Å². The van der Waals surface area contributed by atoms with Gasteiger partial charge in [-0.3, -0.25) is 4.90 Å². The van der Waals surface area contributed by atoms with Gasteiger partial charge in [0.25, 0.3) is 0 Å². The summed E-state index contributed by atoms with van der Waals surface area (Å²) in [6, 6.07) is 7.96. The van der Waals surface area contributed by atoms with E-state index in [0.717, 1.165) is 29.3 Å². The molecule has 0 radical (unpaired) electrons. The largest absolute Gasteiger partial charge is 0.465 e. The molecule has 0 saturated heterocycles. The molecule has 1 aliphatic rings. The SMILES string of the molecule is CCCCCC(O)N(C(=O)O)[C@H]1C[C@H]1c1ccccc1I. The lowest BCUT2D eigenvalue weighted by Gasteiger charge is -2.26. The monoisotopic (exact) mass is 403 g/mol. The number of rotatable bonds is 7. The molecule has 21 heavy (non-hydrogen) atoms. The minimum absolute atomic E-state index is 0.0879. The van der Waals surface area contributed by atoms with E-state index in [0.29, 0.717) is 6.42 Å². The molecule has 1 amide bonds. The van der Waals surface area contributed by atoms with Crippen LogP contribution in [0.5, 0.6) is 0 Å². The normalized spacial score (nSPS) is 21.9. The Kier molecular flexibility index (Phi) is 5.87. The number of carboxylic acid groups (broad SMARTS) is 1. The van der Waals surface area contributed by atoms with E-state index in [9.17, 15) is 15.0 Å².